The van der Waals surface area contributed by atoms with Gasteiger partial charge in [-0.15, -0.1) is 16.9 Å². The Kier molecular flexibility index (Phi) is 16.7. The molecule has 1 aromatic heterocycles. The normalized spacial score (nSPS) is 17.5. The number of aliphatic carboxylic acids is 1. The van der Waals surface area contributed by atoms with Gasteiger partial charge in [0.1, 0.15) is 35.4 Å². The molecule has 2 fully saturated rings. The molecule has 0 spiro atoms. The summed E-state index contributed by atoms with van der Waals surface area (Å²) in [6.45, 7) is 5.94. The van der Waals surface area contributed by atoms with E-state index in [9.17, 15) is 48.3 Å². The van der Waals surface area contributed by atoms with Gasteiger partial charge >= 0.3 is 42.0 Å². The minimum absolute atomic E-state index is 0.0451. The van der Waals surface area contributed by atoms with Crippen molar-refractivity contribution in [1.29, 1.82) is 0 Å². The fourth-order valence-electron chi connectivity index (χ4n) is 7.67. The largest absolute Gasteiger partial charge is 0.477 e. The SMILES string of the molecule is CCN1CCN(C(=O)N[C@@H](C(=O)N[C@@H]2C(=O)N3C(C(=O)O)=C(CSc4nnnn4C)CS[C@H]23)c2ccc(NC(=O)OCC(NC(=O)OC(C)(C)C)C(=O)OC(c3ccccc3)c3ccccc3)cc2)C(=O)C1=O. The molecule has 2 saturated heterocycles. The van der Waals surface area contributed by atoms with Crippen LogP contribution in [-0.2, 0) is 50.0 Å². The van der Waals surface area contributed by atoms with Gasteiger partial charge in [-0.25, -0.2) is 28.7 Å². The van der Waals surface area contributed by atoms with Gasteiger partial charge in [0.25, 0.3) is 5.91 Å². The number of esters is 1. The van der Waals surface area contributed by atoms with Crippen LogP contribution in [0.15, 0.2) is 101 Å². The number of rotatable bonds is 17. The molecule has 5 N–H and O–H groups in total. The number of fused-ring (bicyclic) bond motifs is 1. The van der Waals surface area contributed by atoms with Crippen molar-refractivity contribution in [2.45, 2.75) is 68.1 Å². The van der Waals surface area contributed by atoms with Crippen molar-refractivity contribution in [3.05, 3.63) is 113 Å². The first-order valence-electron chi connectivity index (χ1n) is 22.6. The molecule has 26 heteroatoms. The van der Waals surface area contributed by atoms with E-state index < -0.39 is 95.6 Å². The molecule has 0 aliphatic carbocycles. The molecule has 4 heterocycles. The van der Waals surface area contributed by atoms with E-state index >= 15 is 0 Å². The van der Waals surface area contributed by atoms with E-state index in [1.807, 2.05) is 0 Å². The molecular weight excluding hydrogens is 991 g/mol. The Morgan fingerprint density at radius 3 is 2.11 bits per heavy atom. The summed E-state index contributed by atoms with van der Waals surface area (Å²) in [7, 11) is 1.62. The maximum atomic E-state index is 14.2. The lowest BCUT2D eigenvalue weighted by atomic mass is 10.0. The summed E-state index contributed by atoms with van der Waals surface area (Å²) in [6, 6.07) is 17.7. The Bertz CT molecular complexity index is 2750. The maximum absolute atomic E-state index is 14.2. The third kappa shape index (κ3) is 12.7. The Morgan fingerprint density at radius 1 is 0.863 bits per heavy atom. The van der Waals surface area contributed by atoms with Gasteiger partial charge in [-0.05, 0) is 72.5 Å². The van der Waals surface area contributed by atoms with E-state index in [4.69, 9.17) is 14.2 Å². The lowest BCUT2D eigenvalue weighted by Gasteiger charge is -2.49. The monoisotopic (exact) mass is 1040 g/mol. The van der Waals surface area contributed by atoms with Crippen molar-refractivity contribution in [3.63, 3.8) is 0 Å². The number of benzene rings is 3. The van der Waals surface area contributed by atoms with Gasteiger partial charge in [0.15, 0.2) is 12.1 Å². The standard InChI is InChI=1S/C47H51N11O13S2/c1-6-56-21-22-57(39(62)38(56)61)43(66)51-32(36(59)50-33-37(60)58-34(41(63)64)29(24-72-40(33)58)25-73-44-52-53-54-55(44)5)26-17-19-30(20-18-26)48-45(67)69-23-31(49-46(68)71-47(2,3)4)42(65)70-35(27-13-9-7-10-14-27)28-15-11-8-12-16-28/h7-20,31-33,35,40H,6,21-25H2,1-5H3,(H,48,67)(H,49,68)(H,50,59)(H,51,66)(H,63,64)/t31?,32-,33-,40-/m1/s1. The molecule has 4 atom stereocenters. The number of carboxylic acid groups (broad SMARTS) is 1. The highest BCUT2D eigenvalue weighted by Gasteiger charge is 2.54. The Hall–Kier alpha value is -8.00. The number of alkyl carbamates (subject to hydrolysis) is 1. The number of aryl methyl sites for hydroxylation is 1. The molecule has 7 rings (SSSR count). The van der Waals surface area contributed by atoms with E-state index in [1.54, 1.807) is 95.4 Å². The van der Waals surface area contributed by atoms with Gasteiger partial charge in [-0.3, -0.25) is 34.3 Å². The fourth-order valence-corrected chi connectivity index (χ4v) is 10.0. The van der Waals surface area contributed by atoms with Crippen molar-refractivity contribution in [2.24, 2.45) is 7.05 Å². The van der Waals surface area contributed by atoms with Crippen LogP contribution >= 0.6 is 23.5 Å². The van der Waals surface area contributed by atoms with Crippen LogP contribution in [0.5, 0.6) is 0 Å². The predicted octanol–water partition coefficient (Wildman–Crippen LogP) is 2.96. The first kappa shape index (κ1) is 52.8. The summed E-state index contributed by atoms with van der Waals surface area (Å²) in [5.41, 5.74) is 0.707. The van der Waals surface area contributed by atoms with E-state index in [2.05, 4.69) is 36.8 Å². The number of hydrogen-bond donors (Lipinski definition) is 5. The van der Waals surface area contributed by atoms with Crippen molar-refractivity contribution in [1.82, 2.24) is 50.9 Å². The van der Waals surface area contributed by atoms with E-state index in [0.717, 1.165) is 4.90 Å². The number of nitrogens with one attached hydrogen (secondary N) is 4. The molecule has 3 aliphatic heterocycles. The van der Waals surface area contributed by atoms with Crippen LogP contribution in [0.2, 0.25) is 0 Å². The highest BCUT2D eigenvalue weighted by atomic mass is 32.2. The van der Waals surface area contributed by atoms with Crippen LogP contribution in [-0.4, -0.2) is 155 Å². The first-order chi connectivity index (χ1) is 34.8. The summed E-state index contributed by atoms with van der Waals surface area (Å²) >= 11 is 2.40. The van der Waals surface area contributed by atoms with Crippen molar-refractivity contribution < 1.29 is 62.5 Å². The summed E-state index contributed by atoms with van der Waals surface area (Å²) in [4.78, 5) is 123. The number of ether oxygens (including phenoxy) is 3. The average Bonchev–Trinajstić information content (AvgIpc) is 3.78. The second-order valence-electron chi connectivity index (χ2n) is 17.4. The number of nitrogens with zero attached hydrogens (tertiary/aromatic N) is 7. The molecule has 73 heavy (non-hydrogen) atoms. The predicted molar refractivity (Wildman–Crippen MR) is 260 cm³/mol. The Balaban J connectivity index is 1.05. The number of carbonyl (C=O) groups is 9. The minimum atomic E-state index is -1.61. The van der Waals surface area contributed by atoms with Crippen molar-refractivity contribution >= 4 is 83.0 Å². The van der Waals surface area contributed by atoms with Crippen LogP contribution in [0.1, 0.15) is 56.5 Å². The zero-order chi connectivity index (χ0) is 52.6. The zero-order valence-electron chi connectivity index (χ0n) is 40.0. The van der Waals surface area contributed by atoms with Crippen LogP contribution in [0.25, 0.3) is 0 Å². The third-order valence-corrected chi connectivity index (χ3v) is 13.7. The third-order valence-electron chi connectivity index (χ3n) is 11.3. The van der Waals surface area contributed by atoms with Gasteiger partial charge in [0.05, 0.1) is 0 Å². The molecule has 8 amide bonds. The smallest absolute Gasteiger partial charge is 0.411 e. The number of tetrazole rings is 1. The highest BCUT2D eigenvalue weighted by molar-refractivity contribution is 8.01. The topological polar surface area (TPSA) is 303 Å². The number of hydrogen-bond acceptors (Lipinski definition) is 17. The summed E-state index contributed by atoms with van der Waals surface area (Å²) < 4.78 is 18.1. The lowest BCUT2D eigenvalue weighted by molar-refractivity contribution is -0.153. The minimum Gasteiger partial charge on any atom is -0.477 e. The number of piperazine rings is 1. The molecule has 384 valence electrons. The van der Waals surface area contributed by atoms with Gasteiger partial charge in [0.2, 0.25) is 11.1 Å². The Morgan fingerprint density at radius 2 is 1.52 bits per heavy atom. The highest BCUT2D eigenvalue weighted by Crippen LogP contribution is 2.42. The second-order valence-corrected chi connectivity index (χ2v) is 19.5. The summed E-state index contributed by atoms with van der Waals surface area (Å²) in [5.74, 6) is -5.64. The van der Waals surface area contributed by atoms with Crippen molar-refractivity contribution in [2.75, 3.05) is 43.1 Å². The lowest BCUT2D eigenvalue weighted by Crippen LogP contribution is -2.71. The zero-order valence-corrected chi connectivity index (χ0v) is 41.6. The van der Waals surface area contributed by atoms with Gasteiger partial charge in [-0.2, -0.15) is 0 Å². The van der Waals surface area contributed by atoms with Gasteiger partial charge in [0, 0.05) is 43.9 Å². The molecular formula is C47H51N11O13S2. The number of carboxylic acids is 1. The van der Waals surface area contributed by atoms with Crippen LogP contribution < -0.4 is 21.3 Å². The van der Waals surface area contributed by atoms with Crippen LogP contribution in [0.4, 0.5) is 20.1 Å². The molecule has 4 aromatic rings. The number of anilines is 1. The number of amides is 8. The first-order valence-corrected chi connectivity index (χ1v) is 24.7. The second kappa shape index (κ2) is 23.0. The molecule has 0 saturated carbocycles. The van der Waals surface area contributed by atoms with E-state index in [1.165, 1.54) is 57.4 Å². The molecule has 24 nitrogen and oxygen atoms in total. The molecule has 1 unspecified atom stereocenters. The number of likely N-dealkylation sites (N-methyl/N-ethyl adjacent to an activating group) is 1. The Labute approximate surface area is 425 Å². The van der Waals surface area contributed by atoms with E-state index in [0.29, 0.717) is 26.8 Å². The molecule has 3 aliphatic rings. The van der Waals surface area contributed by atoms with Gasteiger partial charge < -0.3 is 40.2 Å². The summed E-state index contributed by atoms with van der Waals surface area (Å²) in [5, 5.41) is 31.1. The summed E-state index contributed by atoms with van der Waals surface area (Å²) in [6.07, 6.45) is -2.95. The average molecular weight is 1040 g/mol. The number of carbonyl (C=O) groups excluding carboxylic acids is 8. The number of urea groups is 1. The van der Waals surface area contributed by atoms with Crippen LogP contribution in [0, 0.1) is 0 Å². The number of thioether (sulfide) groups is 2. The quantitative estimate of drug-likeness (QED) is 0.0334. The number of β-lactam (4-membered cyclic amide) rings is 1. The molecule has 0 bridgehead atoms. The van der Waals surface area contributed by atoms with Crippen molar-refractivity contribution in [3.8, 4) is 0 Å². The number of imide groups is 1. The molecule has 3 aromatic carbocycles. The molecule has 0 radical (unpaired) electrons. The maximum Gasteiger partial charge on any atom is 0.411 e. The van der Waals surface area contributed by atoms with E-state index in [-0.39, 0.29) is 48.1 Å². The number of aromatic nitrogens is 4. The van der Waals surface area contributed by atoms with Crippen LogP contribution in [0.3, 0.4) is 0 Å². The van der Waals surface area contributed by atoms with Gasteiger partial charge in [-0.1, -0.05) is 84.6 Å². The fraction of sp³-hybridized carbons (Fsp3) is 0.362.